The number of hydrogen-bond donors (Lipinski definition) is 1. The second kappa shape index (κ2) is 3.23. The lowest BCUT2D eigenvalue weighted by Gasteiger charge is -2.46. The van der Waals surface area contributed by atoms with Crippen molar-refractivity contribution < 1.29 is 5.11 Å². The molecule has 14 heavy (non-hydrogen) atoms. The molecule has 1 saturated carbocycles. The van der Waals surface area contributed by atoms with Crippen LogP contribution in [0, 0.1) is 17.8 Å². The van der Waals surface area contributed by atoms with E-state index in [2.05, 4.69) is 32.1 Å². The predicted molar refractivity (Wildman–Crippen MR) is 58.9 cm³/mol. The van der Waals surface area contributed by atoms with Gasteiger partial charge in [-0.2, -0.15) is 0 Å². The summed E-state index contributed by atoms with van der Waals surface area (Å²) in [5, 5.41) is 10.4. The minimum absolute atomic E-state index is 0.344. The average molecular weight is 192 g/mol. The normalized spacial score (nSPS) is 47.1. The first-order chi connectivity index (χ1) is 6.52. The standard InChI is InChI=1S/C13H20O/c1-9-7-8-13(3,14)12-10(2)5-4-6-11(9)12/h4-6,9,11-12,14H,7-8H2,1-3H3. The SMILES string of the molecule is CC1=CC=CC2C(C)CCC(C)(O)C12. The highest BCUT2D eigenvalue weighted by Crippen LogP contribution is 2.46. The van der Waals surface area contributed by atoms with E-state index in [9.17, 15) is 5.11 Å². The van der Waals surface area contributed by atoms with Crippen molar-refractivity contribution in [3.8, 4) is 0 Å². The first kappa shape index (κ1) is 9.97. The number of rotatable bonds is 0. The summed E-state index contributed by atoms with van der Waals surface area (Å²) in [5.74, 6) is 1.60. The smallest absolute Gasteiger partial charge is 0.0690 e. The molecule has 2 aliphatic carbocycles. The number of fused-ring (bicyclic) bond motifs is 1. The van der Waals surface area contributed by atoms with E-state index in [-0.39, 0.29) is 0 Å². The molecule has 0 heterocycles. The van der Waals surface area contributed by atoms with Crippen molar-refractivity contribution in [1.29, 1.82) is 0 Å². The second-order valence-corrected chi connectivity index (χ2v) is 5.22. The summed E-state index contributed by atoms with van der Waals surface area (Å²) in [7, 11) is 0. The Balaban J connectivity index is 2.34. The lowest BCUT2D eigenvalue weighted by molar-refractivity contribution is -0.0497. The lowest BCUT2D eigenvalue weighted by atomic mass is 9.61. The summed E-state index contributed by atoms with van der Waals surface area (Å²) in [6, 6.07) is 0. The molecule has 2 aliphatic rings. The molecule has 1 heteroatoms. The van der Waals surface area contributed by atoms with E-state index < -0.39 is 5.60 Å². The molecular weight excluding hydrogens is 172 g/mol. The highest BCUT2D eigenvalue weighted by molar-refractivity contribution is 5.26. The van der Waals surface area contributed by atoms with Crippen LogP contribution in [0.1, 0.15) is 33.6 Å². The zero-order valence-corrected chi connectivity index (χ0v) is 9.33. The molecule has 0 bridgehead atoms. The molecule has 2 rings (SSSR count). The molecule has 1 nitrogen and oxygen atoms in total. The molecule has 0 spiro atoms. The minimum atomic E-state index is -0.497. The van der Waals surface area contributed by atoms with Gasteiger partial charge in [-0.25, -0.2) is 0 Å². The Kier molecular flexibility index (Phi) is 2.30. The highest BCUT2D eigenvalue weighted by atomic mass is 16.3. The third kappa shape index (κ3) is 1.44. The molecule has 0 radical (unpaired) electrons. The molecule has 0 saturated heterocycles. The van der Waals surface area contributed by atoms with Gasteiger partial charge >= 0.3 is 0 Å². The maximum absolute atomic E-state index is 10.4. The van der Waals surface area contributed by atoms with Crippen LogP contribution >= 0.6 is 0 Å². The van der Waals surface area contributed by atoms with Gasteiger partial charge in [0.2, 0.25) is 0 Å². The maximum Gasteiger partial charge on any atom is 0.0690 e. The van der Waals surface area contributed by atoms with E-state index in [4.69, 9.17) is 0 Å². The van der Waals surface area contributed by atoms with Crippen LogP contribution in [0.15, 0.2) is 23.8 Å². The van der Waals surface area contributed by atoms with E-state index in [0.29, 0.717) is 17.8 Å². The van der Waals surface area contributed by atoms with Crippen molar-refractivity contribution in [2.24, 2.45) is 17.8 Å². The summed E-state index contributed by atoms with van der Waals surface area (Å²) < 4.78 is 0. The molecule has 0 amide bonds. The van der Waals surface area contributed by atoms with Crippen LogP contribution in [0.4, 0.5) is 0 Å². The summed E-state index contributed by atoms with van der Waals surface area (Å²) >= 11 is 0. The molecule has 0 aromatic heterocycles. The second-order valence-electron chi connectivity index (χ2n) is 5.22. The molecule has 4 unspecified atom stereocenters. The fourth-order valence-corrected chi connectivity index (χ4v) is 3.15. The summed E-state index contributed by atoms with van der Waals surface area (Å²) in [4.78, 5) is 0. The van der Waals surface area contributed by atoms with Crippen LogP contribution in [0.2, 0.25) is 0 Å². The number of allylic oxidation sites excluding steroid dienone is 3. The van der Waals surface area contributed by atoms with Crippen LogP contribution in [-0.4, -0.2) is 10.7 Å². The number of hydrogen-bond acceptors (Lipinski definition) is 1. The molecule has 0 aromatic rings. The summed E-state index contributed by atoms with van der Waals surface area (Å²) in [5.41, 5.74) is 0.844. The van der Waals surface area contributed by atoms with Crippen LogP contribution in [-0.2, 0) is 0 Å². The van der Waals surface area contributed by atoms with Crippen LogP contribution < -0.4 is 0 Å². The van der Waals surface area contributed by atoms with Crippen molar-refractivity contribution in [1.82, 2.24) is 0 Å². The fraction of sp³-hybridized carbons (Fsp3) is 0.692. The van der Waals surface area contributed by atoms with E-state index in [1.54, 1.807) is 0 Å². The largest absolute Gasteiger partial charge is 0.390 e. The van der Waals surface area contributed by atoms with E-state index in [0.717, 1.165) is 12.8 Å². The molecular formula is C13H20O. The predicted octanol–water partition coefficient (Wildman–Crippen LogP) is 2.92. The minimum Gasteiger partial charge on any atom is -0.390 e. The Morgan fingerprint density at radius 3 is 2.86 bits per heavy atom. The zero-order valence-electron chi connectivity index (χ0n) is 9.33. The first-order valence-corrected chi connectivity index (χ1v) is 5.60. The van der Waals surface area contributed by atoms with Crippen molar-refractivity contribution in [3.05, 3.63) is 23.8 Å². The van der Waals surface area contributed by atoms with Crippen LogP contribution in [0.5, 0.6) is 0 Å². The van der Waals surface area contributed by atoms with Gasteiger partial charge in [0, 0.05) is 5.92 Å². The Morgan fingerprint density at radius 1 is 1.50 bits per heavy atom. The Bertz CT molecular complexity index is 286. The highest BCUT2D eigenvalue weighted by Gasteiger charge is 2.44. The van der Waals surface area contributed by atoms with E-state index in [1.165, 1.54) is 5.57 Å². The quantitative estimate of drug-likeness (QED) is 0.625. The Labute approximate surface area is 86.5 Å². The van der Waals surface area contributed by atoms with Gasteiger partial charge in [-0.15, -0.1) is 0 Å². The Hall–Kier alpha value is -0.560. The van der Waals surface area contributed by atoms with Crippen molar-refractivity contribution in [2.45, 2.75) is 39.2 Å². The van der Waals surface area contributed by atoms with E-state index in [1.807, 2.05) is 6.92 Å². The monoisotopic (exact) mass is 192 g/mol. The van der Waals surface area contributed by atoms with Crippen molar-refractivity contribution in [2.75, 3.05) is 0 Å². The van der Waals surface area contributed by atoms with Crippen LogP contribution in [0.3, 0.4) is 0 Å². The van der Waals surface area contributed by atoms with Gasteiger partial charge in [0.1, 0.15) is 0 Å². The number of aliphatic hydroxyl groups is 1. The summed E-state index contributed by atoms with van der Waals surface area (Å²) in [6.07, 6.45) is 8.65. The molecule has 4 atom stereocenters. The Morgan fingerprint density at radius 2 is 2.21 bits per heavy atom. The summed E-state index contributed by atoms with van der Waals surface area (Å²) in [6.45, 7) is 6.44. The van der Waals surface area contributed by atoms with Crippen molar-refractivity contribution in [3.63, 3.8) is 0 Å². The maximum atomic E-state index is 10.4. The zero-order chi connectivity index (χ0) is 10.3. The topological polar surface area (TPSA) is 20.2 Å². The molecule has 0 aromatic carbocycles. The fourth-order valence-electron chi connectivity index (χ4n) is 3.15. The van der Waals surface area contributed by atoms with Crippen molar-refractivity contribution >= 4 is 0 Å². The van der Waals surface area contributed by atoms with E-state index >= 15 is 0 Å². The molecule has 0 aliphatic heterocycles. The van der Waals surface area contributed by atoms with Gasteiger partial charge in [0.15, 0.2) is 0 Å². The molecule has 1 N–H and O–H groups in total. The first-order valence-electron chi connectivity index (χ1n) is 5.60. The molecule has 1 fully saturated rings. The third-order valence-corrected chi connectivity index (χ3v) is 4.00. The van der Waals surface area contributed by atoms with Gasteiger partial charge in [-0.1, -0.05) is 30.7 Å². The van der Waals surface area contributed by atoms with Gasteiger partial charge < -0.3 is 5.11 Å². The third-order valence-electron chi connectivity index (χ3n) is 4.00. The van der Waals surface area contributed by atoms with Gasteiger partial charge in [-0.05, 0) is 38.5 Å². The van der Waals surface area contributed by atoms with Gasteiger partial charge in [0.25, 0.3) is 0 Å². The van der Waals surface area contributed by atoms with Gasteiger partial charge in [-0.3, -0.25) is 0 Å². The van der Waals surface area contributed by atoms with Gasteiger partial charge in [0.05, 0.1) is 5.60 Å². The molecule has 78 valence electrons. The average Bonchev–Trinajstić information content (AvgIpc) is 2.12. The van der Waals surface area contributed by atoms with Crippen LogP contribution in [0.25, 0.3) is 0 Å². The lowest BCUT2D eigenvalue weighted by Crippen LogP contribution is -2.46.